The van der Waals surface area contributed by atoms with Gasteiger partial charge >= 0.3 is 5.69 Å². The summed E-state index contributed by atoms with van der Waals surface area (Å²) in [6.45, 7) is 1.73. The van der Waals surface area contributed by atoms with Crippen molar-refractivity contribution in [2.45, 2.75) is 19.4 Å². The zero-order valence-corrected chi connectivity index (χ0v) is 8.60. The van der Waals surface area contributed by atoms with Gasteiger partial charge in [-0.1, -0.05) is 6.92 Å². The summed E-state index contributed by atoms with van der Waals surface area (Å²) in [4.78, 5) is 23.2. The Kier molecular flexibility index (Phi) is 2.95. The lowest BCUT2D eigenvalue weighted by Crippen LogP contribution is -2.41. The van der Waals surface area contributed by atoms with Crippen molar-refractivity contribution in [3.05, 3.63) is 27.0 Å². The summed E-state index contributed by atoms with van der Waals surface area (Å²) in [6, 6.07) is 1.13. The molecule has 0 aliphatic heterocycles. The number of rotatable bonds is 2. The van der Waals surface area contributed by atoms with Crippen molar-refractivity contribution in [3.63, 3.8) is 0 Å². The number of nitrogens with zero attached hydrogens (tertiary/aromatic N) is 3. The lowest BCUT2D eigenvalue weighted by molar-refractivity contribution is 0.526. The molecule has 1 unspecified atom stereocenters. The summed E-state index contributed by atoms with van der Waals surface area (Å²) in [5.74, 6) is 0. The van der Waals surface area contributed by atoms with Crippen LogP contribution in [0.15, 0.2) is 15.8 Å². The van der Waals surface area contributed by atoms with Gasteiger partial charge in [-0.3, -0.25) is 4.79 Å². The van der Waals surface area contributed by atoms with Crippen LogP contribution in [0.25, 0.3) is 0 Å². The van der Waals surface area contributed by atoms with Crippen molar-refractivity contribution < 1.29 is 0 Å². The van der Waals surface area contributed by atoms with Gasteiger partial charge in [-0.05, 0) is 6.42 Å². The molecule has 0 aromatic carbocycles. The van der Waals surface area contributed by atoms with Crippen LogP contribution >= 0.6 is 0 Å². The third-order valence-electron chi connectivity index (χ3n) is 2.15. The number of nitriles is 1. The quantitative estimate of drug-likeness (QED) is 0.715. The van der Waals surface area contributed by atoms with E-state index < -0.39 is 17.3 Å². The van der Waals surface area contributed by atoms with Crippen LogP contribution in [0.2, 0.25) is 0 Å². The number of hydrogen-bond donors (Lipinski definition) is 1. The minimum absolute atomic E-state index is 0.0363. The molecule has 0 saturated heterocycles. The smallest absolute Gasteiger partial charge is 0.331 e. The topological polar surface area (TPSA) is 93.8 Å². The Morgan fingerprint density at radius 3 is 2.67 bits per heavy atom. The predicted octanol–water partition coefficient (Wildman–Crippen LogP) is -0.396. The highest BCUT2D eigenvalue weighted by Crippen LogP contribution is 2.04. The fourth-order valence-corrected chi connectivity index (χ4v) is 1.32. The third kappa shape index (κ3) is 1.76. The maximum absolute atomic E-state index is 11.6. The van der Waals surface area contributed by atoms with Crippen LogP contribution in [-0.4, -0.2) is 9.13 Å². The van der Waals surface area contributed by atoms with Crippen LogP contribution in [0.5, 0.6) is 0 Å². The van der Waals surface area contributed by atoms with E-state index in [9.17, 15) is 9.59 Å². The van der Waals surface area contributed by atoms with E-state index in [1.165, 1.54) is 17.8 Å². The van der Waals surface area contributed by atoms with Gasteiger partial charge in [0.25, 0.3) is 5.56 Å². The largest absolute Gasteiger partial charge is 0.393 e. The summed E-state index contributed by atoms with van der Waals surface area (Å²) >= 11 is 0. The van der Waals surface area contributed by atoms with Crippen molar-refractivity contribution in [1.29, 1.82) is 5.26 Å². The summed E-state index contributed by atoms with van der Waals surface area (Å²) in [6.07, 6.45) is 1.64. The van der Waals surface area contributed by atoms with Gasteiger partial charge in [0.2, 0.25) is 0 Å². The van der Waals surface area contributed by atoms with Crippen molar-refractivity contribution in [2.75, 3.05) is 5.73 Å². The standard InChI is InChI=1S/C9H12N4O2/c1-3-6(4-10)13-8(14)7(11)5-12(2)9(13)15/h5-6H,3,11H2,1-2H3. The molecule has 1 rings (SSSR count). The van der Waals surface area contributed by atoms with Crippen molar-refractivity contribution in [2.24, 2.45) is 7.05 Å². The zero-order chi connectivity index (χ0) is 11.6. The van der Waals surface area contributed by atoms with Gasteiger partial charge in [0.05, 0.1) is 6.07 Å². The molecule has 6 heteroatoms. The number of aromatic nitrogens is 2. The van der Waals surface area contributed by atoms with E-state index in [1.807, 2.05) is 6.07 Å². The van der Waals surface area contributed by atoms with Gasteiger partial charge in [0, 0.05) is 13.2 Å². The normalized spacial score (nSPS) is 12.1. The van der Waals surface area contributed by atoms with Crippen LogP contribution in [0.3, 0.4) is 0 Å². The number of nitrogen functional groups attached to an aromatic ring is 1. The van der Waals surface area contributed by atoms with E-state index in [2.05, 4.69) is 0 Å². The minimum atomic E-state index is -0.764. The number of nitrogens with two attached hydrogens (primary N) is 1. The zero-order valence-electron chi connectivity index (χ0n) is 8.60. The highest BCUT2D eigenvalue weighted by Gasteiger charge is 2.15. The first-order chi connectivity index (χ1) is 7.02. The van der Waals surface area contributed by atoms with E-state index in [4.69, 9.17) is 11.0 Å². The van der Waals surface area contributed by atoms with E-state index in [1.54, 1.807) is 6.92 Å². The highest BCUT2D eigenvalue weighted by molar-refractivity contribution is 5.31. The Morgan fingerprint density at radius 2 is 2.20 bits per heavy atom. The van der Waals surface area contributed by atoms with Gasteiger partial charge < -0.3 is 10.3 Å². The molecule has 0 saturated carbocycles. The Morgan fingerprint density at radius 1 is 1.60 bits per heavy atom. The first-order valence-electron chi connectivity index (χ1n) is 4.50. The molecule has 0 spiro atoms. The van der Waals surface area contributed by atoms with Gasteiger partial charge in [0.1, 0.15) is 11.7 Å². The molecule has 0 aliphatic carbocycles. The van der Waals surface area contributed by atoms with Crippen LogP contribution < -0.4 is 17.0 Å². The van der Waals surface area contributed by atoms with Crippen molar-refractivity contribution in [3.8, 4) is 6.07 Å². The molecule has 1 heterocycles. The molecule has 0 aliphatic rings. The molecule has 15 heavy (non-hydrogen) atoms. The molecular formula is C9H12N4O2. The number of hydrogen-bond acceptors (Lipinski definition) is 4. The molecule has 2 N–H and O–H groups in total. The van der Waals surface area contributed by atoms with Gasteiger partial charge in [-0.25, -0.2) is 9.36 Å². The molecule has 1 aromatic rings. The second-order valence-corrected chi connectivity index (χ2v) is 3.21. The fourth-order valence-electron chi connectivity index (χ4n) is 1.32. The average Bonchev–Trinajstić information content (AvgIpc) is 2.21. The summed E-state index contributed by atoms with van der Waals surface area (Å²) < 4.78 is 2.08. The molecule has 0 amide bonds. The van der Waals surface area contributed by atoms with Crippen molar-refractivity contribution >= 4 is 5.69 Å². The lowest BCUT2D eigenvalue weighted by Gasteiger charge is -2.11. The van der Waals surface area contributed by atoms with Gasteiger partial charge in [-0.2, -0.15) is 5.26 Å². The molecule has 1 aromatic heterocycles. The third-order valence-corrected chi connectivity index (χ3v) is 2.15. The molecule has 6 nitrogen and oxygen atoms in total. The highest BCUT2D eigenvalue weighted by atomic mass is 16.2. The Labute approximate surface area is 86.2 Å². The average molecular weight is 208 g/mol. The molecule has 80 valence electrons. The lowest BCUT2D eigenvalue weighted by atomic mass is 10.2. The molecule has 0 fully saturated rings. The molecular weight excluding hydrogens is 196 g/mol. The van der Waals surface area contributed by atoms with Crippen LogP contribution in [0.4, 0.5) is 5.69 Å². The molecule has 0 radical (unpaired) electrons. The predicted molar refractivity (Wildman–Crippen MR) is 55.3 cm³/mol. The van der Waals surface area contributed by atoms with Crippen LogP contribution in [0.1, 0.15) is 19.4 Å². The summed E-state index contributed by atoms with van der Waals surface area (Å²) in [7, 11) is 1.48. The Balaban J connectivity index is 3.62. The number of anilines is 1. The second kappa shape index (κ2) is 4.00. The fraction of sp³-hybridized carbons (Fsp3) is 0.444. The molecule has 1 atom stereocenters. The monoisotopic (exact) mass is 208 g/mol. The minimum Gasteiger partial charge on any atom is -0.393 e. The Hall–Kier alpha value is -2.03. The summed E-state index contributed by atoms with van der Waals surface area (Å²) in [5.41, 5.74) is 4.27. The maximum Gasteiger partial charge on any atom is 0.331 e. The van der Waals surface area contributed by atoms with Crippen molar-refractivity contribution in [1.82, 2.24) is 9.13 Å². The van der Waals surface area contributed by atoms with E-state index >= 15 is 0 Å². The van der Waals surface area contributed by atoms with Crippen LogP contribution in [0, 0.1) is 11.3 Å². The maximum atomic E-state index is 11.6. The summed E-state index contributed by atoms with van der Waals surface area (Å²) in [5, 5.41) is 8.81. The number of aryl methyl sites for hydroxylation is 1. The SMILES string of the molecule is CCC(C#N)n1c(=O)c(N)cn(C)c1=O. The van der Waals surface area contributed by atoms with E-state index in [0.29, 0.717) is 6.42 Å². The first-order valence-corrected chi connectivity index (χ1v) is 4.50. The molecule has 0 bridgehead atoms. The Bertz CT molecular complexity index is 486. The van der Waals surface area contributed by atoms with Gasteiger partial charge in [0.15, 0.2) is 0 Å². The van der Waals surface area contributed by atoms with Crippen LogP contribution in [-0.2, 0) is 7.05 Å². The van der Waals surface area contributed by atoms with E-state index in [-0.39, 0.29) is 5.69 Å². The second-order valence-electron chi connectivity index (χ2n) is 3.21. The van der Waals surface area contributed by atoms with Gasteiger partial charge in [-0.15, -0.1) is 0 Å². The van der Waals surface area contributed by atoms with E-state index in [0.717, 1.165) is 4.57 Å². The first kappa shape index (κ1) is 11.0.